The second-order valence-electron chi connectivity index (χ2n) is 6.33. The van der Waals surface area contributed by atoms with Crippen LogP contribution >= 0.6 is 0 Å². The third-order valence-electron chi connectivity index (χ3n) is 4.85. The summed E-state index contributed by atoms with van der Waals surface area (Å²) in [6, 6.07) is 11.7. The molecule has 0 bridgehead atoms. The molecule has 0 N–H and O–H groups in total. The Morgan fingerprint density at radius 1 is 1.00 bits per heavy atom. The Bertz CT molecular complexity index is 403. The predicted octanol–water partition coefficient (Wildman–Crippen LogP) is 2.42. The molecule has 0 radical (unpaired) electrons. The van der Waals surface area contributed by atoms with Crippen LogP contribution in [0, 0.1) is 0 Å². The van der Waals surface area contributed by atoms with Gasteiger partial charge in [-0.15, -0.1) is 0 Å². The number of likely N-dealkylation sites (tertiary alicyclic amines) is 1. The van der Waals surface area contributed by atoms with E-state index in [-0.39, 0.29) is 0 Å². The van der Waals surface area contributed by atoms with Crippen LogP contribution in [0.5, 0.6) is 0 Å². The van der Waals surface area contributed by atoms with Crippen LogP contribution in [-0.2, 0) is 11.2 Å². The second kappa shape index (κ2) is 7.92. The largest absolute Gasteiger partial charge is 0.379 e. The molecule has 0 spiro atoms. The fourth-order valence-electron chi connectivity index (χ4n) is 3.56. The average Bonchev–Trinajstić information content (AvgIpc) is 2.56. The highest BCUT2D eigenvalue weighted by molar-refractivity contribution is 5.14. The lowest BCUT2D eigenvalue weighted by atomic mass is 10.0. The molecule has 2 heterocycles. The highest BCUT2D eigenvalue weighted by Crippen LogP contribution is 2.19. The lowest BCUT2D eigenvalue weighted by Gasteiger charge is -2.39. The van der Waals surface area contributed by atoms with Crippen molar-refractivity contribution >= 4 is 0 Å². The maximum Gasteiger partial charge on any atom is 0.0594 e. The van der Waals surface area contributed by atoms with Gasteiger partial charge in [-0.05, 0) is 31.4 Å². The van der Waals surface area contributed by atoms with E-state index in [1.807, 2.05) is 0 Å². The van der Waals surface area contributed by atoms with Crippen molar-refractivity contribution in [2.24, 2.45) is 0 Å². The molecular weight excluding hydrogens is 260 g/mol. The summed E-state index contributed by atoms with van der Waals surface area (Å²) in [7, 11) is 0. The Labute approximate surface area is 128 Å². The van der Waals surface area contributed by atoms with Gasteiger partial charge in [0.25, 0.3) is 0 Å². The third kappa shape index (κ3) is 4.53. The van der Waals surface area contributed by atoms with E-state index in [9.17, 15) is 0 Å². The molecule has 1 atom stereocenters. The number of hydrogen-bond acceptors (Lipinski definition) is 3. The molecule has 0 saturated carbocycles. The van der Waals surface area contributed by atoms with Crippen LogP contribution in [0.15, 0.2) is 30.3 Å². The van der Waals surface area contributed by atoms with Gasteiger partial charge in [-0.3, -0.25) is 9.80 Å². The number of benzene rings is 1. The first-order valence-electron chi connectivity index (χ1n) is 8.50. The zero-order valence-electron chi connectivity index (χ0n) is 13.0. The summed E-state index contributed by atoms with van der Waals surface area (Å²) >= 11 is 0. The zero-order chi connectivity index (χ0) is 14.3. The number of hydrogen-bond donors (Lipinski definition) is 0. The minimum atomic E-state index is 0.751. The van der Waals surface area contributed by atoms with Gasteiger partial charge in [0.15, 0.2) is 0 Å². The molecule has 3 nitrogen and oxygen atoms in total. The summed E-state index contributed by atoms with van der Waals surface area (Å²) in [5, 5.41) is 0. The Hall–Kier alpha value is -0.900. The van der Waals surface area contributed by atoms with Gasteiger partial charge in [-0.25, -0.2) is 0 Å². The molecule has 1 aromatic rings. The molecule has 0 amide bonds. The summed E-state index contributed by atoms with van der Waals surface area (Å²) in [5.41, 5.74) is 1.47. The monoisotopic (exact) mass is 288 g/mol. The van der Waals surface area contributed by atoms with E-state index in [4.69, 9.17) is 4.74 Å². The van der Waals surface area contributed by atoms with Crippen molar-refractivity contribution in [2.45, 2.75) is 31.7 Å². The third-order valence-corrected chi connectivity index (χ3v) is 4.85. The molecule has 0 aromatic heterocycles. The predicted molar refractivity (Wildman–Crippen MR) is 86.6 cm³/mol. The second-order valence-corrected chi connectivity index (χ2v) is 6.33. The summed E-state index contributed by atoms with van der Waals surface area (Å²) in [6.45, 7) is 7.78. The maximum absolute atomic E-state index is 5.47. The highest BCUT2D eigenvalue weighted by Gasteiger charge is 2.24. The molecule has 0 unspecified atom stereocenters. The number of ether oxygens (including phenoxy) is 1. The lowest BCUT2D eigenvalue weighted by Crippen LogP contribution is -2.49. The fourth-order valence-corrected chi connectivity index (χ4v) is 3.56. The number of rotatable bonds is 5. The van der Waals surface area contributed by atoms with Gasteiger partial charge < -0.3 is 4.74 Å². The molecule has 116 valence electrons. The molecule has 2 aliphatic rings. The summed E-state index contributed by atoms with van der Waals surface area (Å²) in [5.74, 6) is 0. The smallest absolute Gasteiger partial charge is 0.0594 e. The summed E-state index contributed by atoms with van der Waals surface area (Å²) in [6.07, 6.45) is 5.32. The average molecular weight is 288 g/mol. The Kier molecular flexibility index (Phi) is 5.67. The molecule has 1 aromatic carbocycles. The molecule has 2 aliphatic heterocycles. The van der Waals surface area contributed by atoms with Crippen LogP contribution in [0.4, 0.5) is 0 Å². The van der Waals surface area contributed by atoms with E-state index < -0.39 is 0 Å². The topological polar surface area (TPSA) is 15.7 Å². The summed E-state index contributed by atoms with van der Waals surface area (Å²) in [4.78, 5) is 5.32. The van der Waals surface area contributed by atoms with Crippen molar-refractivity contribution in [1.29, 1.82) is 0 Å². The minimum Gasteiger partial charge on any atom is -0.379 e. The van der Waals surface area contributed by atoms with Gasteiger partial charge in [0, 0.05) is 32.2 Å². The van der Waals surface area contributed by atoms with E-state index in [2.05, 4.69) is 40.1 Å². The van der Waals surface area contributed by atoms with Gasteiger partial charge in [-0.2, -0.15) is 0 Å². The van der Waals surface area contributed by atoms with E-state index in [0.29, 0.717) is 0 Å². The van der Waals surface area contributed by atoms with Gasteiger partial charge in [0.05, 0.1) is 13.2 Å². The first-order chi connectivity index (χ1) is 10.4. The van der Waals surface area contributed by atoms with Crippen molar-refractivity contribution < 1.29 is 4.74 Å². The van der Waals surface area contributed by atoms with Crippen LogP contribution in [0.3, 0.4) is 0 Å². The number of morpholine rings is 1. The quantitative estimate of drug-likeness (QED) is 0.827. The van der Waals surface area contributed by atoms with Gasteiger partial charge in [0.1, 0.15) is 0 Å². The molecule has 2 fully saturated rings. The van der Waals surface area contributed by atoms with Gasteiger partial charge in [-0.1, -0.05) is 36.8 Å². The lowest BCUT2D eigenvalue weighted by molar-refractivity contribution is 0.0169. The Morgan fingerprint density at radius 2 is 1.81 bits per heavy atom. The van der Waals surface area contributed by atoms with E-state index >= 15 is 0 Å². The van der Waals surface area contributed by atoms with Crippen molar-refractivity contribution in [3.05, 3.63) is 35.9 Å². The van der Waals surface area contributed by atoms with Crippen LogP contribution in [0.2, 0.25) is 0 Å². The molecule has 0 aliphatic carbocycles. The highest BCUT2D eigenvalue weighted by atomic mass is 16.5. The van der Waals surface area contributed by atoms with Crippen molar-refractivity contribution in [3.63, 3.8) is 0 Å². The van der Waals surface area contributed by atoms with E-state index in [1.165, 1.54) is 50.9 Å². The van der Waals surface area contributed by atoms with Crippen LogP contribution in [0.1, 0.15) is 24.8 Å². The molecule has 3 heteroatoms. The minimum absolute atomic E-state index is 0.751. The van der Waals surface area contributed by atoms with Gasteiger partial charge >= 0.3 is 0 Å². The zero-order valence-corrected chi connectivity index (χ0v) is 13.0. The van der Waals surface area contributed by atoms with Crippen LogP contribution in [0.25, 0.3) is 0 Å². The molecule has 3 rings (SSSR count). The number of nitrogens with zero attached hydrogens (tertiary/aromatic N) is 2. The normalized spacial score (nSPS) is 25.0. The first kappa shape index (κ1) is 15.0. The summed E-state index contributed by atoms with van der Waals surface area (Å²) < 4.78 is 5.47. The number of piperidine rings is 1. The van der Waals surface area contributed by atoms with E-state index in [1.54, 1.807) is 0 Å². The SMILES string of the molecule is c1ccc(CCN2CCCC[C@H]2CN2CCOCC2)cc1. The van der Waals surface area contributed by atoms with Crippen molar-refractivity contribution in [2.75, 3.05) is 45.9 Å². The van der Waals surface area contributed by atoms with Crippen LogP contribution < -0.4 is 0 Å². The Balaban J connectivity index is 1.51. The van der Waals surface area contributed by atoms with Crippen LogP contribution in [-0.4, -0.2) is 61.8 Å². The first-order valence-corrected chi connectivity index (χ1v) is 8.50. The van der Waals surface area contributed by atoms with Gasteiger partial charge in [0.2, 0.25) is 0 Å². The Morgan fingerprint density at radius 3 is 2.62 bits per heavy atom. The van der Waals surface area contributed by atoms with Crippen molar-refractivity contribution in [1.82, 2.24) is 9.80 Å². The fraction of sp³-hybridized carbons (Fsp3) is 0.667. The molecule has 21 heavy (non-hydrogen) atoms. The van der Waals surface area contributed by atoms with Crippen molar-refractivity contribution in [3.8, 4) is 0 Å². The molecule has 2 saturated heterocycles. The van der Waals surface area contributed by atoms with E-state index in [0.717, 1.165) is 32.3 Å². The molecular formula is C18H28N2O. The maximum atomic E-state index is 5.47. The standard InChI is InChI=1S/C18H28N2O/c1-2-6-17(7-3-1)9-11-20-10-5-4-8-18(20)16-19-12-14-21-15-13-19/h1-3,6-7,18H,4-5,8-16H2/t18-/m0/s1.